The third-order valence-electron chi connectivity index (χ3n) is 5.67. The van der Waals surface area contributed by atoms with Gasteiger partial charge in [-0.25, -0.2) is 9.59 Å². The number of ether oxygens (including phenoxy) is 1. The van der Waals surface area contributed by atoms with Crippen molar-refractivity contribution in [1.29, 1.82) is 0 Å². The summed E-state index contributed by atoms with van der Waals surface area (Å²) < 4.78 is 5.17. The van der Waals surface area contributed by atoms with Crippen LogP contribution in [0.4, 0.5) is 9.59 Å². The van der Waals surface area contributed by atoms with E-state index in [-0.39, 0.29) is 11.5 Å². The van der Waals surface area contributed by atoms with Crippen molar-refractivity contribution in [3.8, 4) is 0 Å². The van der Waals surface area contributed by atoms with E-state index in [1.54, 1.807) is 45.2 Å². The Balaban J connectivity index is 1.47. The molecule has 0 aliphatic carbocycles. The monoisotopic (exact) mass is 512 g/mol. The highest BCUT2D eigenvalue weighted by Gasteiger charge is 2.30. The number of nitrogens with one attached hydrogen (secondary N) is 3. The van der Waals surface area contributed by atoms with E-state index in [2.05, 4.69) is 15.6 Å². The topological polar surface area (TPSA) is 113 Å². The minimum absolute atomic E-state index is 0.202. The Hall–Kier alpha value is -3.56. The summed E-state index contributed by atoms with van der Waals surface area (Å²) in [6.07, 6.45) is 1.41. The molecule has 1 fully saturated rings. The molecule has 2 unspecified atom stereocenters. The van der Waals surface area contributed by atoms with Gasteiger partial charge in [-0.2, -0.15) is 0 Å². The molecule has 190 valence electrons. The first-order valence-electron chi connectivity index (χ1n) is 11.7. The number of nitrogens with zero attached hydrogens (tertiary/aromatic N) is 1. The molecule has 2 aromatic carbocycles. The molecular formula is C26H29ClN4O5. The van der Waals surface area contributed by atoms with Gasteiger partial charge in [0.05, 0.1) is 18.1 Å². The standard InChI is InChI=1S/C26H29ClN4O5/c1-26(2,3)35-25(34)36-31-12-11-18(15-31)29-24(33)30-22(16-7-5-4-6-8-16)20-14-28-21-13-17(27)9-10-19(21)23(20)32/h4-10,13-14,18,22H,11-12,15H2,1-3H3,(H,28,32)(H2,29,30,33). The minimum atomic E-state index is -0.784. The third kappa shape index (κ3) is 6.35. The second kappa shape index (κ2) is 10.6. The summed E-state index contributed by atoms with van der Waals surface area (Å²) in [6.45, 7) is 6.04. The summed E-state index contributed by atoms with van der Waals surface area (Å²) in [7, 11) is 0. The highest BCUT2D eigenvalue weighted by Crippen LogP contribution is 2.22. The van der Waals surface area contributed by atoms with Gasteiger partial charge in [0.2, 0.25) is 0 Å². The zero-order chi connectivity index (χ0) is 25.9. The van der Waals surface area contributed by atoms with Crippen LogP contribution in [0.25, 0.3) is 10.9 Å². The van der Waals surface area contributed by atoms with E-state index in [4.69, 9.17) is 21.2 Å². The second-order valence-electron chi connectivity index (χ2n) is 9.65. The lowest BCUT2D eigenvalue weighted by Crippen LogP contribution is -2.45. The summed E-state index contributed by atoms with van der Waals surface area (Å²) >= 11 is 6.06. The molecule has 1 aromatic heterocycles. The maximum atomic E-state index is 13.3. The van der Waals surface area contributed by atoms with Gasteiger partial charge in [0.1, 0.15) is 5.60 Å². The Morgan fingerprint density at radius 2 is 1.92 bits per heavy atom. The fourth-order valence-electron chi connectivity index (χ4n) is 4.07. The number of carbonyl (C=O) groups is 2. The predicted molar refractivity (Wildman–Crippen MR) is 137 cm³/mol. The normalized spacial score (nSPS) is 16.9. The fraction of sp³-hybridized carbons (Fsp3) is 0.346. The van der Waals surface area contributed by atoms with Crippen LogP contribution in [0.1, 0.15) is 44.4 Å². The zero-order valence-electron chi connectivity index (χ0n) is 20.3. The molecule has 3 N–H and O–H groups in total. The minimum Gasteiger partial charge on any atom is -0.427 e. The van der Waals surface area contributed by atoms with E-state index in [0.717, 1.165) is 5.56 Å². The van der Waals surface area contributed by atoms with Crippen LogP contribution in [0, 0.1) is 0 Å². The van der Waals surface area contributed by atoms with Gasteiger partial charge >= 0.3 is 12.2 Å². The quantitative estimate of drug-likeness (QED) is 0.433. The molecule has 36 heavy (non-hydrogen) atoms. The van der Waals surface area contributed by atoms with Crippen LogP contribution < -0.4 is 16.1 Å². The molecule has 0 radical (unpaired) electrons. The summed E-state index contributed by atoms with van der Waals surface area (Å²) in [4.78, 5) is 46.6. The number of H-pyrrole nitrogens is 1. The number of aromatic nitrogens is 1. The van der Waals surface area contributed by atoms with Crippen molar-refractivity contribution in [2.24, 2.45) is 0 Å². The average molecular weight is 513 g/mol. The number of fused-ring (bicyclic) bond motifs is 1. The van der Waals surface area contributed by atoms with Gasteiger partial charge in [0.25, 0.3) is 0 Å². The van der Waals surface area contributed by atoms with Crippen molar-refractivity contribution in [3.05, 3.63) is 81.1 Å². The van der Waals surface area contributed by atoms with Gasteiger partial charge in [-0.1, -0.05) is 41.9 Å². The number of aromatic amines is 1. The lowest BCUT2D eigenvalue weighted by Gasteiger charge is -2.22. The Bertz CT molecular complexity index is 1310. The van der Waals surface area contributed by atoms with Crippen LogP contribution in [-0.2, 0) is 9.57 Å². The largest absolute Gasteiger partial charge is 0.528 e. The van der Waals surface area contributed by atoms with Crippen molar-refractivity contribution < 1.29 is 19.2 Å². The van der Waals surface area contributed by atoms with E-state index < -0.39 is 23.8 Å². The summed E-state index contributed by atoms with van der Waals surface area (Å²) in [5.41, 5.74) is 0.907. The molecule has 2 amide bonds. The van der Waals surface area contributed by atoms with Crippen molar-refractivity contribution >= 4 is 34.7 Å². The molecule has 0 spiro atoms. The second-order valence-corrected chi connectivity index (χ2v) is 10.1. The van der Waals surface area contributed by atoms with Crippen LogP contribution in [-0.4, -0.2) is 47.0 Å². The Morgan fingerprint density at radius 1 is 1.17 bits per heavy atom. The van der Waals surface area contributed by atoms with Crippen molar-refractivity contribution in [2.75, 3.05) is 13.1 Å². The number of rotatable bonds is 5. The molecule has 0 bridgehead atoms. The molecule has 9 nitrogen and oxygen atoms in total. The maximum Gasteiger partial charge on any atom is 0.528 e. The fourth-order valence-corrected chi connectivity index (χ4v) is 4.24. The number of halogens is 1. The molecule has 10 heteroatoms. The van der Waals surface area contributed by atoms with E-state index in [9.17, 15) is 14.4 Å². The number of hydrogen-bond acceptors (Lipinski definition) is 6. The van der Waals surface area contributed by atoms with Gasteiger partial charge in [0, 0.05) is 34.8 Å². The molecule has 2 heterocycles. The van der Waals surface area contributed by atoms with Crippen LogP contribution >= 0.6 is 11.6 Å². The Kier molecular flexibility index (Phi) is 7.51. The number of amides is 2. The van der Waals surface area contributed by atoms with E-state index in [1.165, 1.54) is 5.06 Å². The Labute approximate surface area is 213 Å². The lowest BCUT2D eigenvalue weighted by molar-refractivity contribution is -0.130. The molecule has 2 atom stereocenters. The van der Waals surface area contributed by atoms with Crippen LogP contribution in [0.2, 0.25) is 5.02 Å². The molecule has 1 aliphatic heterocycles. The first-order chi connectivity index (χ1) is 17.1. The number of hydroxylamine groups is 2. The number of pyridine rings is 1. The van der Waals surface area contributed by atoms with Crippen LogP contribution in [0.15, 0.2) is 59.5 Å². The lowest BCUT2D eigenvalue weighted by atomic mass is 9.98. The van der Waals surface area contributed by atoms with Gasteiger partial charge in [0.15, 0.2) is 5.43 Å². The highest BCUT2D eigenvalue weighted by atomic mass is 35.5. The smallest absolute Gasteiger partial charge is 0.427 e. The summed E-state index contributed by atoms with van der Waals surface area (Å²) in [6, 6.07) is 12.9. The van der Waals surface area contributed by atoms with E-state index in [0.29, 0.717) is 41.0 Å². The average Bonchev–Trinajstić information content (AvgIpc) is 3.23. The molecule has 3 aromatic rings. The van der Waals surface area contributed by atoms with Crippen LogP contribution in [0.3, 0.4) is 0 Å². The zero-order valence-corrected chi connectivity index (χ0v) is 21.1. The highest BCUT2D eigenvalue weighted by molar-refractivity contribution is 6.31. The number of urea groups is 1. The molecular weight excluding hydrogens is 484 g/mol. The summed E-state index contributed by atoms with van der Waals surface area (Å²) in [5.74, 6) is 0. The van der Waals surface area contributed by atoms with Crippen molar-refractivity contribution in [1.82, 2.24) is 20.7 Å². The predicted octanol–water partition coefficient (Wildman–Crippen LogP) is 4.51. The van der Waals surface area contributed by atoms with E-state index in [1.807, 2.05) is 30.3 Å². The van der Waals surface area contributed by atoms with E-state index >= 15 is 0 Å². The number of benzene rings is 2. The van der Waals surface area contributed by atoms with Gasteiger partial charge in [-0.05, 0) is 51.0 Å². The summed E-state index contributed by atoms with van der Waals surface area (Å²) in [5, 5.41) is 8.30. The van der Waals surface area contributed by atoms with Gasteiger partial charge < -0.3 is 25.2 Å². The third-order valence-corrected chi connectivity index (χ3v) is 5.91. The maximum absolute atomic E-state index is 13.3. The Morgan fingerprint density at radius 3 is 2.64 bits per heavy atom. The first kappa shape index (κ1) is 25.5. The van der Waals surface area contributed by atoms with Crippen molar-refractivity contribution in [3.63, 3.8) is 0 Å². The first-order valence-corrected chi connectivity index (χ1v) is 12.1. The molecule has 1 aliphatic rings. The van der Waals surface area contributed by atoms with Gasteiger partial charge in [-0.15, -0.1) is 5.06 Å². The molecule has 0 saturated carbocycles. The molecule has 4 rings (SSSR count). The number of hydrogen-bond donors (Lipinski definition) is 3. The van der Waals surface area contributed by atoms with Gasteiger partial charge in [-0.3, -0.25) is 4.79 Å². The molecule has 1 saturated heterocycles. The van der Waals surface area contributed by atoms with Crippen LogP contribution in [0.5, 0.6) is 0 Å². The number of carbonyl (C=O) groups excluding carboxylic acids is 2. The SMILES string of the molecule is CC(C)(C)OC(=O)ON1CCC(NC(=O)NC(c2ccccc2)c2c[nH]c3cc(Cl)ccc3c2=O)C1. The van der Waals surface area contributed by atoms with Crippen molar-refractivity contribution in [2.45, 2.75) is 44.9 Å².